The third-order valence-electron chi connectivity index (χ3n) is 5.21. The number of nitrogens with one attached hydrogen (secondary N) is 1. The lowest BCUT2D eigenvalue weighted by Gasteiger charge is -2.09. The van der Waals surface area contributed by atoms with E-state index in [9.17, 15) is 4.79 Å². The lowest BCUT2D eigenvalue weighted by Crippen LogP contribution is -2.22. The van der Waals surface area contributed by atoms with Gasteiger partial charge in [-0.15, -0.1) is 21.5 Å². The van der Waals surface area contributed by atoms with Crippen LogP contribution in [-0.4, -0.2) is 35.9 Å². The fraction of sp³-hybridized carbons (Fsp3) is 0.350. The summed E-state index contributed by atoms with van der Waals surface area (Å²) in [4.78, 5) is 23.2. The van der Waals surface area contributed by atoms with Gasteiger partial charge in [-0.25, -0.2) is 9.97 Å². The standard InChI is InChI=1S/C20H20N6OS2/c1-11(18(27)23-19-21-13-8-4-6-10-15(13)29-19)28-20-22-17-16(24-25-20)12-7-3-5-9-14(12)26(17)2/h3,5,7,9,11H,4,6,8,10H2,1-2H3,(H,21,23,27)/t11-/m1/s1. The molecule has 1 aromatic carbocycles. The zero-order chi connectivity index (χ0) is 20.0. The molecule has 0 saturated heterocycles. The maximum Gasteiger partial charge on any atom is 0.239 e. The van der Waals surface area contributed by atoms with Crippen LogP contribution in [0.2, 0.25) is 0 Å². The van der Waals surface area contributed by atoms with Crippen LogP contribution in [0.1, 0.15) is 30.3 Å². The number of carbonyl (C=O) groups is 1. The first-order valence-electron chi connectivity index (χ1n) is 9.64. The summed E-state index contributed by atoms with van der Waals surface area (Å²) in [6.07, 6.45) is 4.46. The van der Waals surface area contributed by atoms with Gasteiger partial charge in [0.25, 0.3) is 0 Å². The molecule has 1 amide bonds. The number of rotatable bonds is 4. The predicted molar refractivity (Wildman–Crippen MR) is 117 cm³/mol. The molecule has 9 heteroatoms. The van der Waals surface area contributed by atoms with E-state index >= 15 is 0 Å². The number of carbonyl (C=O) groups excluding carboxylic acids is 1. The van der Waals surface area contributed by atoms with Gasteiger partial charge in [-0.05, 0) is 38.7 Å². The van der Waals surface area contributed by atoms with E-state index in [0.717, 1.165) is 40.6 Å². The fourth-order valence-corrected chi connectivity index (χ4v) is 5.43. The average molecular weight is 425 g/mol. The van der Waals surface area contributed by atoms with Crippen molar-refractivity contribution in [3.8, 4) is 0 Å². The van der Waals surface area contributed by atoms with Crippen molar-refractivity contribution in [1.82, 2.24) is 24.7 Å². The normalized spacial score (nSPS) is 14.8. The van der Waals surface area contributed by atoms with Crippen LogP contribution in [0, 0.1) is 0 Å². The van der Waals surface area contributed by atoms with Gasteiger partial charge < -0.3 is 9.88 Å². The number of nitrogens with zero attached hydrogens (tertiary/aromatic N) is 5. The molecular weight excluding hydrogens is 404 g/mol. The van der Waals surface area contributed by atoms with Crippen LogP contribution >= 0.6 is 23.1 Å². The molecule has 1 aliphatic carbocycles. The van der Waals surface area contributed by atoms with Crippen molar-refractivity contribution < 1.29 is 4.79 Å². The van der Waals surface area contributed by atoms with E-state index in [4.69, 9.17) is 0 Å². The summed E-state index contributed by atoms with van der Waals surface area (Å²) in [7, 11) is 1.97. The summed E-state index contributed by atoms with van der Waals surface area (Å²) < 4.78 is 2.01. The highest BCUT2D eigenvalue weighted by atomic mass is 32.2. The molecule has 5 rings (SSSR count). The molecule has 1 N–H and O–H groups in total. The Morgan fingerprint density at radius 2 is 2.03 bits per heavy atom. The maximum absolute atomic E-state index is 12.7. The Balaban J connectivity index is 1.34. The van der Waals surface area contributed by atoms with Crippen LogP contribution in [-0.2, 0) is 24.7 Å². The zero-order valence-corrected chi connectivity index (χ0v) is 17.8. The minimum atomic E-state index is -0.357. The molecule has 0 saturated carbocycles. The number of hydrogen-bond donors (Lipinski definition) is 1. The predicted octanol–water partition coefficient (Wildman–Crippen LogP) is 3.97. The Kier molecular flexibility index (Phi) is 4.71. The van der Waals surface area contributed by atoms with Crippen molar-refractivity contribution in [3.63, 3.8) is 0 Å². The first-order valence-corrected chi connectivity index (χ1v) is 11.3. The molecule has 0 aliphatic heterocycles. The first-order chi connectivity index (χ1) is 14.1. The van der Waals surface area contributed by atoms with Gasteiger partial charge in [0.2, 0.25) is 11.1 Å². The molecule has 0 unspecified atom stereocenters. The lowest BCUT2D eigenvalue weighted by molar-refractivity contribution is -0.115. The van der Waals surface area contributed by atoms with Gasteiger partial charge >= 0.3 is 0 Å². The molecule has 148 valence electrons. The second-order valence-corrected chi connectivity index (χ2v) is 9.58. The van der Waals surface area contributed by atoms with Crippen LogP contribution < -0.4 is 5.32 Å². The van der Waals surface area contributed by atoms with Gasteiger partial charge in [0.1, 0.15) is 5.52 Å². The van der Waals surface area contributed by atoms with Gasteiger partial charge in [0.15, 0.2) is 10.8 Å². The van der Waals surface area contributed by atoms with Gasteiger partial charge in [-0.2, -0.15) is 0 Å². The van der Waals surface area contributed by atoms with Crippen LogP contribution in [0.15, 0.2) is 29.4 Å². The van der Waals surface area contributed by atoms with Crippen LogP contribution in [0.5, 0.6) is 0 Å². The third kappa shape index (κ3) is 3.38. The monoisotopic (exact) mass is 424 g/mol. The minimum Gasteiger partial charge on any atom is -0.327 e. The number of benzene rings is 1. The Labute approximate surface area is 176 Å². The number of para-hydroxylation sites is 1. The van der Waals surface area contributed by atoms with Crippen molar-refractivity contribution in [2.24, 2.45) is 7.05 Å². The first kappa shape index (κ1) is 18.5. The van der Waals surface area contributed by atoms with Crippen molar-refractivity contribution in [3.05, 3.63) is 34.8 Å². The summed E-state index contributed by atoms with van der Waals surface area (Å²) in [6, 6.07) is 8.03. The molecule has 0 bridgehead atoms. The number of hydrogen-bond acceptors (Lipinski definition) is 7. The van der Waals surface area contributed by atoms with E-state index in [0.29, 0.717) is 10.3 Å². The lowest BCUT2D eigenvalue weighted by atomic mass is 10.0. The highest BCUT2D eigenvalue weighted by Gasteiger charge is 2.21. The molecule has 3 heterocycles. The van der Waals surface area contributed by atoms with Gasteiger partial charge in [0, 0.05) is 17.3 Å². The highest BCUT2D eigenvalue weighted by molar-refractivity contribution is 8.00. The van der Waals surface area contributed by atoms with E-state index in [1.165, 1.54) is 29.5 Å². The van der Waals surface area contributed by atoms with Gasteiger partial charge in [0.05, 0.1) is 16.5 Å². The van der Waals surface area contributed by atoms with Gasteiger partial charge in [-0.1, -0.05) is 30.0 Å². The molecule has 3 aromatic heterocycles. The van der Waals surface area contributed by atoms with Gasteiger partial charge in [-0.3, -0.25) is 4.79 Å². The van der Waals surface area contributed by atoms with Crippen LogP contribution in [0.3, 0.4) is 0 Å². The SMILES string of the molecule is C[C@@H](Sc1nnc2c3ccccc3n(C)c2n1)C(=O)Nc1nc2c(s1)CCCC2. The number of anilines is 1. The molecule has 0 spiro atoms. The van der Waals surface area contributed by atoms with E-state index in [-0.39, 0.29) is 11.2 Å². The van der Waals surface area contributed by atoms with Crippen molar-refractivity contribution in [2.45, 2.75) is 43.0 Å². The molecule has 0 radical (unpaired) electrons. The summed E-state index contributed by atoms with van der Waals surface area (Å²) in [5.41, 5.74) is 3.75. The Morgan fingerprint density at radius 3 is 2.90 bits per heavy atom. The molecule has 0 fully saturated rings. The maximum atomic E-state index is 12.7. The number of amides is 1. The average Bonchev–Trinajstić information content (AvgIpc) is 3.27. The second-order valence-electron chi connectivity index (χ2n) is 7.19. The second kappa shape index (κ2) is 7.38. The van der Waals surface area contributed by atoms with E-state index in [1.807, 2.05) is 42.8 Å². The molecule has 29 heavy (non-hydrogen) atoms. The van der Waals surface area contributed by atoms with Crippen molar-refractivity contribution in [2.75, 3.05) is 5.32 Å². The number of aryl methyl sites for hydroxylation is 3. The summed E-state index contributed by atoms with van der Waals surface area (Å²) in [5.74, 6) is -0.0955. The topological polar surface area (TPSA) is 85.6 Å². The fourth-order valence-electron chi connectivity index (χ4n) is 3.67. The molecule has 1 atom stereocenters. The Bertz CT molecular complexity index is 1210. The van der Waals surface area contributed by atoms with Crippen molar-refractivity contribution >= 4 is 56.2 Å². The molecule has 1 aliphatic rings. The smallest absolute Gasteiger partial charge is 0.239 e. The summed E-state index contributed by atoms with van der Waals surface area (Å²) in [6.45, 7) is 1.85. The van der Waals surface area contributed by atoms with Crippen LogP contribution in [0.4, 0.5) is 5.13 Å². The Hall–Kier alpha value is -2.52. The number of thioether (sulfide) groups is 1. The number of aromatic nitrogens is 5. The van der Waals surface area contributed by atoms with E-state index < -0.39 is 0 Å². The number of fused-ring (bicyclic) bond motifs is 4. The molecule has 4 aromatic rings. The van der Waals surface area contributed by atoms with Crippen molar-refractivity contribution in [1.29, 1.82) is 0 Å². The Morgan fingerprint density at radius 1 is 1.21 bits per heavy atom. The summed E-state index contributed by atoms with van der Waals surface area (Å²) >= 11 is 2.90. The third-order valence-corrected chi connectivity index (χ3v) is 7.24. The van der Waals surface area contributed by atoms with E-state index in [1.54, 1.807) is 11.3 Å². The quantitative estimate of drug-likeness (QED) is 0.499. The molecular formula is C20H20N6OS2. The van der Waals surface area contributed by atoms with Crippen LogP contribution in [0.25, 0.3) is 22.1 Å². The summed E-state index contributed by atoms with van der Waals surface area (Å²) in [5, 5.41) is 13.4. The van der Waals surface area contributed by atoms with E-state index in [2.05, 4.69) is 25.5 Å². The zero-order valence-electron chi connectivity index (χ0n) is 16.2. The minimum absolute atomic E-state index is 0.0955. The molecule has 7 nitrogen and oxygen atoms in total. The number of thiazole rings is 1. The highest BCUT2D eigenvalue weighted by Crippen LogP contribution is 2.31. The largest absolute Gasteiger partial charge is 0.327 e.